The second kappa shape index (κ2) is 10.3. The summed E-state index contributed by atoms with van der Waals surface area (Å²) >= 11 is 0. The third-order valence-electron chi connectivity index (χ3n) is 3.91. The van der Waals surface area contributed by atoms with Gasteiger partial charge in [0.2, 0.25) is 5.91 Å². The van der Waals surface area contributed by atoms with Gasteiger partial charge in [0.25, 0.3) is 0 Å². The van der Waals surface area contributed by atoms with E-state index in [9.17, 15) is 22.8 Å². The van der Waals surface area contributed by atoms with Crippen molar-refractivity contribution < 1.29 is 37.8 Å². The fraction of sp³-hybridized carbons (Fsp3) is 0.800. The van der Waals surface area contributed by atoms with Crippen molar-refractivity contribution in [3.8, 4) is 0 Å². The fourth-order valence-corrected chi connectivity index (χ4v) is 4.08. The van der Waals surface area contributed by atoms with Crippen LogP contribution in [0.3, 0.4) is 0 Å². The van der Waals surface area contributed by atoms with Crippen molar-refractivity contribution in [3.05, 3.63) is 0 Å². The molecule has 0 aliphatic heterocycles. The Morgan fingerprint density at radius 3 is 2.04 bits per heavy atom. The van der Waals surface area contributed by atoms with Crippen LogP contribution < -0.4 is 5.32 Å². The van der Waals surface area contributed by atoms with Gasteiger partial charge in [-0.3, -0.25) is 9.59 Å². The first-order valence-corrected chi connectivity index (χ1v) is 10.6. The molecule has 0 aromatic carbocycles. The molecule has 0 aromatic rings. The van der Waals surface area contributed by atoms with Crippen LogP contribution in [-0.4, -0.2) is 52.3 Å². The van der Waals surface area contributed by atoms with Gasteiger partial charge >= 0.3 is 18.1 Å². The molecule has 0 heterocycles. The van der Waals surface area contributed by atoms with Crippen LogP contribution in [0.25, 0.3) is 0 Å². The second-order valence-electron chi connectivity index (χ2n) is 6.27. The molecule has 2 aliphatic rings. The van der Waals surface area contributed by atoms with Crippen LogP contribution >= 0.6 is 21.6 Å². The van der Waals surface area contributed by atoms with E-state index in [0.717, 1.165) is 30.9 Å². The third kappa shape index (κ3) is 9.56. The molecule has 0 bridgehead atoms. The standard InChI is InChI=1S/C13H21NO3S2.C2HF3O2/c15-11(16)3-7-18-19-8-6-14-12(17)13(4-5-13)9-10-1-2-10;3-2(4,5)1(6)7/h10H,1-9H2,(H,14,17)(H,15,16);(H,6,7). The molecular formula is C15H22F3NO5S2. The lowest BCUT2D eigenvalue weighted by Crippen LogP contribution is -2.33. The molecule has 0 radical (unpaired) electrons. The summed E-state index contributed by atoms with van der Waals surface area (Å²) in [6, 6.07) is 0. The summed E-state index contributed by atoms with van der Waals surface area (Å²) in [7, 11) is 3.19. The second-order valence-corrected chi connectivity index (χ2v) is 8.98. The monoisotopic (exact) mass is 417 g/mol. The van der Waals surface area contributed by atoms with E-state index in [4.69, 9.17) is 15.0 Å². The normalized spacial score (nSPS) is 17.7. The molecular weight excluding hydrogens is 395 g/mol. The zero-order chi connectivity index (χ0) is 19.8. The van der Waals surface area contributed by atoms with Crippen molar-refractivity contribution in [2.75, 3.05) is 18.1 Å². The number of carboxylic acid groups (broad SMARTS) is 2. The molecule has 0 saturated heterocycles. The molecule has 0 atom stereocenters. The number of hydrogen-bond donors (Lipinski definition) is 3. The summed E-state index contributed by atoms with van der Waals surface area (Å²) in [5.41, 5.74) is -0.0116. The van der Waals surface area contributed by atoms with E-state index >= 15 is 0 Å². The van der Waals surface area contributed by atoms with Gasteiger partial charge < -0.3 is 15.5 Å². The van der Waals surface area contributed by atoms with Crippen molar-refractivity contribution in [1.82, 2.24) is 5.32 Å². The number of hydrogen-bond acceptors (Lipinski definition) is 5. The van der Waals surface area contributed by atoms with E-state index < -0.39 is 18.1 Å². The largest absolute Gasteiger partial charge is 0.490 e. The van der Waals surface area contributed by atoms with E-state index in [1.54, 1.807) is 21.6 Å². The van der Waals surface area contributed by atoms with Gasteiger partial charge in [-0.25, -0.2) is 4.79 Å². The Morgan fingerprint density at radius 2 is 1.62 bits per heavy atom. The first-order chi connectivity index (χ1) is 12.1. The molecule has 1 amide bonds. The molecule has 2 aliphatic carbocycles. The van der Waals surface area contributed by atoms with E-state index in [1.807, 2.05) is 0 Å². The third-order valence-corrected chi connectivity index (χ3v) is 6.32. The zero-order valence-corrected chi connectivity index (χ0v) is 15.6. The van der Waals surface area contributed by atoms with Crippen LogP contribution in [0.5, 0.6) is 0 Å². The van der Waals surface area contributed by atoms with Crippen LogP contribution in [0.4, 0.5) is 13.2 Å². The fourth-order valence-electron chi connectivity index (χ4n) is 2.19. The number of carboxylic acids is 2. The molecule has 26 heavy (non-hydrogen) atoms. The number of halogens is 3. The minimum atomic E-state index is -5.08. The van der Waals surface area contributed by atoms with Crippen molar-refractivity contribution in [1.29, 1.82) is 0 Å². The molecule has 11 heteroatoms. The Labute approximate surface area is 157 Å². The van der Waals surface area contributed by atoms with Crippen molar-refractivity contribution in [2.45, 2.75) is 44.7 Å². The Bertz CT molecular complexity index is 508. The van der Waals surface area contributed by atoms with Gasteiger partial charge in [-0.05, 0) is 25.2 Å². The summed E-state index contributed by atoms with van der Waals surface area (Å²) < 4.78 is 31.7. The number of carbonyl (C=O) groups is 3. The lowest BCUT2D eigenvalue weighted by Gasteiger charge is -2.14. The summed E-state index contributed by atoms with van der Waals surface area (Å²) in [6.45, 7) is 0.690. The lowest BCUT2D eigenvalue weighted by molar-refractivity contribution is -0.192. The maximum absolute atomic E-state index is 12.1. The Kier molecular flexibility index (Phi) is 9.08. The summed E-state index contributed by atoms with van der Waals surface area (Å²) in [5, 5.41) is 18.6. The average molecular weight is 417 g/mol. The molecule has 6 nitrogen and oxygen atoms in total. The first-order valence-electron chi connectivity index (χ1n) is 8.11. The molecule has 0 aromatic heterocycles. The number of amides is 1. The van der Waals surface area contributed by atoms with Gasteiger partial charge in [-0.2, -0.15) is 13.2 Å². The van der Waals surface area contributed by atoms with E-state index in [0.29, 0.717) is 12.3 Å². The maximum Gasteiger partial charge on any atom is 0.490 e. The Hall–Kier alpha value is -1.10. The lowest BCUT2D eigenvalue weighted by atomic mass is 9.98. The van der Waals surface area contributed by atoms with Gasteiger partial charge in [0, 0.05) is 23.5 Å². The number of carbonyl (C=O) groups excluding carboxylic acids is 1. The van der Waals surface area contributed by atoms with Gasteiger partial charge in [0.1, 0.15) is 0 Å². The van der Waals surface area contributed by atoms with Crippen LogP contribution in [0.15, 0.2) is 0 Å². The number of alkyl halides is 3. The summed E-state index contributed by atoms with van der Waals surface area (Å²) in [4.78, 5) is 31.3. The topological polar surface area (TPSA) is 104 Å². The summed E-state index contributed by atoms with van der Waals surface area (Å²) in [6.07, 6.45) is 0.968. The minimum Gasteiger partial charge on any atom is -0.481 e. The van der Waals surface area contributed by atoms with E-state index in [-0.39, 0.29) is 17.7 Å². The van der Waals surface area contributed by atoms with Crippen LogP contribution in [0, 0.1) is 11.3 Å². The Morgan fingerprint density at radius 1 is 1.08 bits per heavy atom. The van der Waals surface area contributed by atoms with E-state index in [2.05, 4.69) is 5.32 Å². The highest BCUT2D eigenvalue weighted by molar-refractivity contribution is 8.76. The van der Waals surface area contributed by atoms with Crippen molar-refractivity contribution in [2.24, 2.45) is 11.3 Å². The van der Waals surface area contributed by atoms with Crippen LogP contribution in [0.1, 0.15) is 38.5 Å². The molecule has 3 N–H and O–H groups in total. The highest BCUT2D eigenvalue weighted by Crippen LogP contribution is 2.55. The summed E-state index contributed by atoms with van der Waals surface area (Å²) in [5.74, 6) is -0.982. The average Bonchev–Trinajstić information content (AvgIpc) is 3.44. The molecule has 0 spiro atoms. The highest BCUT2D eigenvalue weighted by Gasteiger charge is 2.51. The predicted molar refractivity (Wildman–Crippen MR) is 92.9 cm³/mol. The van der Waals surface area contributed by atoms with Crippen LogP contribution in [0.2, 0.25) is 0 Å². The van der Waals surface area contributed by atoms with Crippen molar-refractivity contribution in [3.63, 3.8) is 0 Å². The molecule has 0 unspecified atom stereocenters. The Balaban J connectivity index is 0.000000412. The SMILES string of the molecule is O=C(O)C(F)(F)F.O=C(O)CCSSCCNC(=O)C1(CC2CC2)CC1. The number of rotatable bonds is 10. The molecule has 150 valence electrons. The van der Waals surface area contributed by atoms with Gasteiger partial charge in [0.15, 0.2) is 0 Å². The number of aliphatic carboxylic acids is 2. The molecule has 2 rings (SSSR count). The van der Waals surface area contributed by atoms with Gasteiger partial charge in [-0.1, -0.05) is 34.4 Å². The van der Waals surface area contributed by atoms with Gasteiger partial charge in [-0.15, -0.1) is 0 Å². The van der Waals surface area contributed by atoms with Crippen LogP contribution in [-0.2, 0) is 14.4 Å². The predicted octanol–water partition coefficient (Wildman–Crippen LogP) is 3.17. The smallest absolute Gasteiger partial charge is 0.481 e. The molecule has 2 saturated carbocycles. The minimum absolute atomic E-state index is 0.0116. The quantitative estimate of drug-likeness (QED) is 0.370. The highest BCUT2D eigenvalue weighted by atomic mass is 33.1. The molecule has 2 fully saturated rings. The zero-order valence-electron chi connectivity index (χ0n) is 14.0. The first kappa shape index (κ1) is 22.9. The van der Waals surface area contributed by atoms with Crippen molar-refractivity contribution >= 4 is 39.4 Å². The number of nitrogens with one attached hydrogen (secondary N) is 1. The maximum atomic E-state index is 12.1. The van der Waals surface area contributed by atoms with E-state index in [1.165, 1.54) is 12.8 Å². The van der Waals surface area contributed by atoms with Gasteiger partial charge in [0.05, 0.1) is 6.42 Å².